The molecule has 0 unspecified atom stereocenters. The first-order chi connectivity index (χ1) is 11.9. The van der Waals surface area contributed by atoms with Gasteiger partial charge in [0.2, 0.25) is 5.95 Å². The van der Waals surface area contributed by atoms with E-state index in [4.69, 9.17) is 38.8 Å². The molecule has 0 aliphatic heterocycles. The summed E-state index contributed by atoms with van der Waals surface area (Å²) in [6, 6.07) is 4.52. The summed E-state index contributed by atoms with van der Waals surface area (Å²) >= 11 is 13.4. The third kappa shape index (κ3) is 3.47. The number of benzene rings is 1. The lowest BCUT2D eigenvalue weighted by atomic mass is 10.1. The third-order valence-electron chi connectivity index (χ3n) is 3.25. The van der Waals surface area contributed by atoms with Gasteiger partial charge in [0, 0.05) is 10.9 Å². The van der Waals surface area contributed by atoms with Crippen LogP contribution >= 0.6 is 34.5 Å². The second-order valence-corrected chi connectivity index (χ2v) is 6.74. The quantitative estimate of drug-likeness (QED) is 0.601. The molecule has 25 heavy (non-hydrogen) atoms. The van der Waals surface area contributed by atoms with Crippen LogP contribution in [-0.2, 0) is 0 Å². The first-order valence-electron chi connectivity index (χ1n) is 6.94. The highest BCUT2D eigenvalue weighted by Gasteiger charge is 2.19. The smallest absolute Gasteiger partial charge is 0.345 e. The molecule has 7 nitrogen and oxygen atoms in total. The number of carboxylic acid groups (broad SMARTS) is 1. The van der Waals surface area contributed by atoms with E-state index < -0.39 is 5.97 Å². The number of nitrogen functional groups attached to an aromatic ring is 1. The van der Waals surface area contributed by atoms with Gasteiger partial charge in [0.25, 0.3) is 0 Å². The van der Waals surface area contributed by atoms with E-state index in [-0.39, 0.29) is 29.1 Å². The Morgan fingerprint density at radius 2 is 2.00 bits per heavy atom. The molecular weight excluding hydrogens is 389 g/mol. The van der Waals surface area contributed by atoms with E-state index in [1.54, 1.807) is 6.07 Å². The van der Waals surface area contributed by atoms with Crippen molar-refractivity contribution in [2.75, 3.05) is 18.9 Å². The monoisotopic (exact) mass is 399 g/mol. The van der Waals surface area contributed by atoms with Crippen molar-refractivity contribution in [3.63, 3.8) is 0 Å². The summed E-state index contributed by atoms with van der Waals surface area (Å²) in [5.41, 5.74) is 6.59. The minimum absolute atomic E-state index is 0.00914. The standard InChI is InChI=1S/C15H11Cl2N3O4S/c16-8-5-9(17)10(24-2-1-21)3-6(8)12-7-4-11(14(22)23)25-13(7)20-15(18)19-12/h3-5,21H,1-2H2,(H,22,23)(H2,18,19,20). The fourth-order valence-electron chi connectivity index (χ4n) is 2.23. The predicted molar refractivity (Wildman–Crippen MR) is 96.8 cm³/mol. The Morgan fingerprint density at radius 3 is 2.68 bits per heavy atom. The van der Waals surface area contributed by atoms with Gasteiger partial charge in [0.05, 0.1) is 22.3 Å². The first kappa shape index (κ1) is 17.7. The van der Waals surface area contributed by atoms with Crippen LogP contribution in [0.15, 0.2) is 18.2 Å². The summed E-state index contributed by atoms with van der Waals surface area (Å²) in [6.45, 7) is -0.116. The number of rotatable bonds is 5. The molecule has 0 saturated carbocycles. The van der Waals surface area contributed by atoms with Crippen LogP contribution in [0.4, 0.5) is 5.95 Å². The maximum Gasteiger partial charge on any atom is 0.345 e. The molecule has 10 heteroatoms. The molecule has 0 amide bonds. The van der Waals surface area contributed by atoms with E-state index in [0.29, 0.717) is 32.2 Å². The van der Waals surface area contributed by atoms with Crippen molar-refractivity contribution in [3.8, 4) is 17.0 Å². The van der Waals surface area contributed by atoms with E-state index in [1.165, 1.54) is 12.1 Å². The second-order valence-electron chi connectivity index (χ2n) is 4.90. The Morgan fingerprint density at radius 1 is 1.24 bits per heavy atom. The largest absolute Gasteiger partial charge is 0.490 e. The average Bonchev–Trinajstić information content (AvgIpc) is 2.97. The molecule has 0 aliphatic carbocycles. The van der Waals surface area contributed by atoms with Crippen molar-refractivity contribution in [2.24, 2.45) is 0 Å². The molecule has 2 aromatic heterocycles. The maximum atomic E-state index is 11.2. The van der Waals surface area contributed by atoms with Crippen LogP contribution in [0.25, 0.3) is 21.5 Å². The van der Waals surface area contributed by atoms with Crippen LogP contribution in [0, 0.1) is 0 Å². The fourth-order valence-corrected chi connectivity index (χ4v) is 3.63. The number of halogens is 2. The van der Waals surface area contributed by atoms with E-state index in [1.807, 2.05) is 0 Å². The molecule has 3 rings (SSSR count). The van der Waals surface area contributed by atoms with E-state index in [2.05, 4.69) is 9.97 Å². The lowest BCUT2D eigenvalue weighted by Gasteiger charge is -2.11. The number of carbonyl (C=O) groups is 1. The molecule has 0 radical (unpaired) electrons. The van der Waals surface area contributed by atoms with Gasteiger partial charge in [-0.3, -0.25) is 0 Å². The number of fused-ring (bicyclic) bond motifs is 1. The highest BCUT2D eigenvalue weighted by molar-refractivity contribution is 7.20. The molecule has 130 valence electrons. The summed E-state index contributed by atoms with van der Waals surface area (Å²) in [5, 5.41) is 19.2. The van der Waals surface area contributed by atoms with Gasteiger partial charge in [-0.2, -0.15) is 0 Å². The van der Waals surface area contributed by atoms with E-state index >= 15 is 0 Å². The first-order valence-corrected chi connectivity index (χ1v) is 8.51. The van der Waals surface area contributed by atoms with E-state index in [0.717, 1.165) is 11.3 Å². The highest BCUT2D eigenvalue weighted by Crippen LogP contribution is 2.40. The molecule has 0 bridgehead atoms. The van der Waals surface area contributed by atoms with Crippen LogP contribution in [0.1, 0.15) is 9.67 Å². The SMILES string of the molecule is Nc1nc(-c2cc(OCCO)c(Cl)cc2Cl)c2cc(C(=O)O)sc2n1. The molecule has 0 atom stereocenters. The predicted octanol–water partition coefficient (Wildman–Crippen LogP) is 3.32. The van der Waals surface area contributed by atoms with Gasteiger partial charge >= 0.3 is 5.97 Å². The van der Waals surface area contributed by atoms with Crippen LogP contribution < -0.4 is 10.5 Å². The molecule has 2 heterocycles. The van der Waals surface area contributed by atoms with Gasteiger partial charge in [-0.05, 0) is 18.2 Å². The summed E-state index contributed by atoms with van der Waals surface area (Å²) in [6.07, 6.45) is 0. The minimum atomic E-state index is -1.07. The number of carboxylic acids is 1. The summed E-state index contributed by atoms with van der Waals surface area (Å²) < 4.78 is 5.38. The number of aromatic carboxylic acids is 1. The van der Waals surface area contributed by atoms with Gasteiger partial charge in [-0.25, -0.2) is 14.8 Å². The van der Waals surface area contributed by atoms with Gasteiger partial charge in [-0.15, -0.1) is 11.3 Å². The number of aromatic nitrogens is 2. The molecule has 0 saturated heterocycles. The minimum Gasteiger partial charge on any atom is -0.490 e. The van der Waals surface area contributed by atoms with Crippen LogP contribution in [0.5, 0.6) is 5.75 Å². The molecule has 3 aromatic rings. The Balaban J connectivity index is 2.23. The fraction of sp³-hybridized carbons (Fsp3) is 0.133. The van der Waals surface area contributed by atoms with Crippen LogP contribution in [0.3, 0.4) is 0 Å². The molecule has 0 spiro atoms. The number of hydrogen-bond donors (Lipinski definition) is 3. The molecule has 1 aromatic carbocycles. The van der Waals surface area contributed by atoms with Crippen molar-refractivity contribution in [3.05, 3.63) is 33.1 Å². The average molecular weight is 400 g/mol. The second kappa shape index (κ2) is 7.01. The molecule has 0 fully saturated rings. The summed E-state index contributed by atoms with van der Waals surface area (Å²) in [5.74, 6) is -0.763. The topological polar surface area (TPSA) is 119 Å². The Labute approximate surface area is 155 Å². The van der Waals surface area contributed by atoms with Crippen molar-refractivity contribution in [2.45, 2.75) is 0 Å². The summed E-state index contributed by atoms with van der Waals surface area (Å²) in [7, 11) is 0. The molecule has 0 aliphatic rings. The lowest BCUT2D eigenvalue weighted by Crippen LogP contribution is -2.03. The lowest BCUT2D eigenvalue weighted by molar-refractivity contribution is 0.0702. The Bertz CT molecular complexity index is 977. The number of nitrogens with zero attached hydrogens (tertiary/aromatic N) is 2. The Hall–Kier alpha value is -2.13. The van der Waals surface area contributed by atoms with Crippen molar-refractivity contribution in [1.82, 2.24) is 9.97 Å². The van der Waals surface area contributed by atoms with Gasteiger partial charge < -0.3 is 20.7 Å². The van der Waals surface area contributed by atoms with Gasteiger partial charge in [0.1, 0.15) is 22.1 Å². The zero-order valence-electron chi connectivity index (χ0n) is 12.5. The number of nitrogens with two attached hydrogens (primary N) is 1. The molecule has 4 N–H and O–H groups in total. The van der Waals surface area contributed by atoms with Crippen molar-refractivity contribution >= 4 is 56.7 Å². The number of aliphatic hydroxyl groups excluding tert-OH is 1. The van der Waals surface area contributed by atoms with Crippen LogP contribution in [-0.4, -0.2) is 39.4 Å². The zero-order chi connectivity index (χ0) is 18.1. The van der Waals surface area contributed by atoms with Crippen LogP contribution in [0.2, 0.25) is 10.0 Å². The number of ether oxygens (including phenoxy) is 1. The zero-order valence-corrected chi connectivity index (χ0v) is 14.8. The van der Waals surface area contributed by atoms with Gasteiger partial charge in [0.15, 0.2) is 0 Å². The normalized spacial score (nSPS) is 11.0. The maximum absolute atomic E-state index is 11.2. The van der Waals surface area contributed by atoms with Crippen molar-refractivity contribution < 1.29 is 19.7 Å². The number of thiophene rings is 1. The van der Waals surface area contributed by atoms with Crippen molar-refractivity contribution in [1.29, 1.82) is 0 Å². The highest BCUT2D eigenvalue weighted by atomic mass is 35.5. The number of hydrogen-bond acceptors (Lipinski definition) is 7. The summed E-state index contributed by atoms with van der Waals surface area (Å²) in [4.78, 5) is 20.1. The molecular formula is C15H11Cl2N3O4S. The van der Waals surface area contributed by atoms with E-state index in [9.17, 15) is 9.90 Å². The third-order valence-corrected chi connectivity index (χ3v) is 4.87. The number of anilines is 1. The number of aliphatic hydroxyl groups is 1. The Kier molecular flexibility index (Phi) is 4.96. The van der Waals surface area contributed by atoms with Gasteiger partial charge in [-0.1, -0.05) is 23.2 Å².